The third-order valence-corrected chi connectivity index (χ3v) is 5.42. The zero-order chi connectivity index (χ0) is 20.5. The summed E-state index contributed by atoms with van der Waals surface area (Å²) < 4.78 is 0. The summed E-state index contributed by atoms with van der Waals surface area (Å²) in [5.74, 6) is 0. The molecule has 4 heteroatoms. The smallest absolute Gasteiger partial charge is 0.0400 e. The van der Waals surface area contributed by atoms with Crippen LogP contribution in [0.5, 0.6) is 0 Å². The van der Waals surface area contributed by atoms with Gasteiger partial charge in [-0.1, -0.05) is 36.4 Å². The molecule has 0 atom stereocenters. The Labute approximate surface area is 171 Å². The van der Waals surface area contributed by atoms with Gasteiger partial charge in [-0.05, 0) is 64.0 Å². The Hall–Kier alpha value is -2.04. The summed E-state index contributed by atoms with van der Waals surface area (Å²) in [7, 11) is 4.41. The second kappa shape index (κ2) is 11.1. The number of likely N-dealkylation sites (N-methyl/N-ethyl adjacent to an activating group) is 2. The van der Waals surface area contributed by atoms with Crippen LogP contribution in [0.2, 0.25) is 0 Å². The van der Waals surface area contributed by atoms with Crippen molar-refractivity contribution in [2.24, 2.45) is 0 Å². The molecule has 0 aromatic heterocycles. The van der Waals surface area contributed by atoms with Crippen LogP contribution >= 0.6 is 0 Å². The van der Waals surface area contributed by atoms with Gasteiger partial charge in [0.25, 0.3) is 0 Å². The highest BCUT2D eigenvalue weighted by Crippen LogP contribution is 2.19. The lowest BCUT2D eigenvalue weighted by molar-refractivity contribution is 0.267. The molecule has 0 bridgehead atoms. The Bertz CT molecular complexity index is 637. The summed E-state index contributed by atoms with van der Waals surface area (Å²) in [6, 6.07) is 12.9. The van der Waals surface area contributed by atoms with Crippen LogP contribution in [0.4, 0.5) is 11.4 Å². The molecule has 2 rings (SSSR count). The van der Waals surface area contributed by atoms with E-state index in [2.05, 4.69) is 98.6 Å². The van der Waals surface area contributed by atoms with Gasteiger partial charge in [0, 0.05) is 50.6 Å². The largest absolute Gasteiger partial charge is 0.383 e. The summed E-state index contributed by atoms with van der Waals surface area (Å²) in [5, 5.41) is 7.19. The van der Waals surface area contributed by atoms with Gasteiger partial charge in [0.2, 0.25) is 0 Å². The highest BCUT2D eigenvalue weighted by molar-refractivity contribution is 5.57. The van der Waals surface area contributed by atoms with E-state index in [1.807, 2.05) is 0 Å². The highest BCUT2D eigenvalue weighted by Gasteiger charge is 2.05. The second-order valence-electron chi connectivity index (χ2n) is 7.99. The van der Waals surface area contributed by atoms with Crippen LogP contribution in [0.3, 0.4) is 0 Å². The Kier molecular flexibility index (Phi) is 8.81. The van der Waals surface area contributed by atoms with Crippen LogP contribution in [0, 0.1) is 27.7 Å². The molecule has 4 nitrogen and oxygen atoms in total. The molecule has 0 spiro atoms. The van der Waals surface area contributed by atoms with Crippen LogP contribution in [0.15, 0.2) is 36.4 Å². The van der Waals surface area contributed by atoms with Crippen molar-refractivity contribution in [2.75, 3.05) is 64.0 Å². The van der Waals surface area contributed by atoms with Crippen molar-refractivity contribution in [1.29, 1.82) is 0 Å². The fraction of sp³-hybridized carbons (Fsp3) is 0.500. The van der Waals surface area contributed by atoms with Gasteiger partial charge in [0.15, 0.2) is 0 Å². The number of benzene rings is 2. The molecular formula is C24H38N4. The number of nitrogens with one attached hydrogen (secondary N) is 2. The maximum atomic E-state index is 3.60. The average Bonchev–Trinajstić information content (AvgIpc) is 2.65. The lowest BCUT2D eigenvalue weighted by Crippen LogP contribution is -2.35. The summed E-state index contributed by atoms with van der Waals surface area (Å²) in [6.07, 6.45) is 0. The third-order valence-electron chi connectivity index (χ3n) is 5.42. The van der Waals surface area contributed by atoms with Gasteiger partial charge >= 0.3 is 0 Å². The molecule has 0 saturated heterocycles. The SMILES string of the molecule is Cc1cccc(C)c1NCCN(C)CCN(C)CCNc1c(C)cccc1C. The van der Waals surface area contributed by atoms with Crippen LogP contribution in [0.1, 0.15) is 22.3 Å². The molecule has 28 heavy (non-hydrogen) atoms. The van der Waals surface area contributed by atoms with Crippen LogP contribution in [-0.2, 0) is 0 Å². The van der Waals surface area contributed by atoms with Crippen molar-refractivity contribution in [3.05, 3.63) is 58.7 Å². The van der Waals surface area contributed by atoms with E-state index in [0.717, 1.165) is 39.3 Å². The molecule has 0 heterocycles. The van der Waals surface area contributed by atoms with E-state index in [1.165, 1.54) is 33.6 Å². The molecule has 2 aromatic carbocycles. The minimum Gasteiger partial charge on any atom is -0.383 e. The zero-order valence-electron chi connectivity index (χ0n) is 18.6. The van der Waals surface area contributed by atoms with Gasteiger partial charge in [-0.3, -0.25) is 0 Å². The molecule has 0 saturated carbocycles. The monoisotopic (exact) mass is 382 g/mol. The Morgan fingerprint density at radius 2 is 0.893 bits per heavy atom. The minimum absolute atomic E-state index is 0.972. The molecule has 0 aliphatic rings. The Balaban J connectivity index is 1.63. The van der Waals surface area contributed by atoms with E-state index in [4.69, 9.17) is 0 Å². The van der Waals surface area contributed by atoms with Crippen LogP contribution < -0.4 is 10.6 Å². The first-order chi connectivity index (χ1) is 13.4. The number of hydrogen-bond acceptors (Lipinski definition) is 4. The third kappa shape index (κ3) is 6.84. The molecular weight excluding hydrogens is 344 g/mol. The van der Waals surface area contributed by atoms with E-state index in [0.29, 0.717) is 0 Å². The van der Waals surface area contributed by atoms with Gasteiger partial charge in [-0.15, -0.1) is 0 Å². The van der Waals surface area contributed by atoms with Crippen molar-refractivity contribution < 1.29 is 0 Å². The van der Waals surface area contributed by atoms with Crippen LogP contribution in [0.25, 0.3) is 0 Å². The molecule has 0 fully saturated rings. The van der Waals surface area contributed by atoms with Gasteiger partial charge in [-0.25, -0.2) is 0 Å². The average molecular weight is 383 g/mol. The summed E-state index contributed by atoms with van der Waals surface area (Å²) in [4.78, 5) is 4.80. The maximum Gasteiger partial charge on any atom is 0.0400 e. The van der Waals surface area contributed by atoms with Gasteiger partial charge in [0.1, 0.15) is 0 Å². The van der Waals surface area contributed by atoms with Gasteiger partial charge in [-0.2, -0.15) is 0 Å². The molecule has 0 unspecified atom stereocenters. The van der Waals surface area contributed by atoms with Crippen molar-refractivity contribution in [3.63, 3.8) is 0 Å². The van der Waals surface area contributed by atoms with Gasteiger partial charge in [0.05, 0.1) is 0 Å². The molecule has 2 aromatic rings. The number of hydrogen-bond donors (Lipinski definition) is 2. The summed E-state index contributed by atoms with van der Waals surface area (Å²) >= 11 is 0. The van der Waals surface area contributed by atoms with E-state index >= 15 is 0 Å². The fourth-order valence-electron chi connectivity index (χ4n) is 3.50. The fourth-order valence-corrected chi connectivity index (χ4v) is 3.50. The topological polar surface area (TPSA) is 30.5 Å². The van der Waals surface area contributed by atoms with E-state index in [-0.39, 0.29) is 0 Å². The number of rotatable bonds is 11. The standard InChI is InChI=1S/C24H38N4/c1-19-9-7-10-20(2)23(19)25-13-15-27(5)17-18-28(6)16-14-26-24-21(3)11-8-12-22(24)4/h7-12,25-26H,13-18H2,1-6H3. The first-order valence-corrected chi connectivity index (χ1v) is 10.4. The molecule has 0 aliphatic heterocycles. The van der Waals surface area contributed by atoms with E-state index < -0.39 is 0 Å². The normalized spacial score (nSPS) is 11.3. The van der Waals surface area contributed by atoms with E-state index in [9.17, 15) is 0 Å². The predicted molar refractivity (Wildman–Crippen MR) is 124 cm³/mol. The predicted octanol–water partition coefficient (Wildman–Crippen LogP) is 4.31. The lowest BCUT2D eigenvalue weighted by atomic mass is 10.1. The molecule has 154 valence electrons. The number of anilines is 2. The van der Waals surface area contributed by atoms with E-state index in [1.54, 1.807) is 0 Å². The molecule has 0 aliphatic carbocycles. The Morgan fingerprint density at radius 1 is 0.571 bits per heavy atom. The maximum absolute atomic E-state index is 3.60. The number of para-hydroxylation sites is 2. The van der Waals surface area contributed by atoms with Crippen molar-refractivity contribution in [1.82, 2.24) is 9.80 Å². The van der Waals surface area contributed by atoms with Crippen molar-refractivity contribution >= 4 is 11.4 Å². The molecule has 2 N–H and O–H groups in total. The van der Waals surface area contributed by atoms with Crippen molar-refractivity contribution in [3.8, 4) is 0 Å². The van der Waals surface area contributed by atoms with Crippen LogP contribution in [-0.4, -0.2) is 63.2 Å². The first-order valence-electron chi connectivity index (χ1n) is 10.4. The number of aryl methyl sites for hydroxylation is 4. The first kappa shape index (κ1) is 22.3. The van der Waals surface area contributed by atoms with Gasteiger partial charge < -0.3 is 20.4 Å². The quantitative estimate of drug-likeness (QED) is 0.606. The minimum atomic E-state index is 0.972. The Morgan fingerprint density at radius 3 is 1.21 bits per heavy atom. The number of nitrogens with zero attached hydrogens (tertiary/aromatic N) is 2. The highest BCUT2D eigenvalue weighted by atomic mass is 15.2. The lowest BCUT2D eigenvalue weighted by Gasteiger charge is -2.23. The molecule has 0 radical (unpaired) electrons. The van der Waals surface area contributed by atoms with Crippen molar-refractivity contribution in [2.45, 2.75) is 27.7 Å². The zero-order valence-corrected chi connectivity index (χ0v) is 18.6. The summed E-state index contributed by atoms with van der Waals surface area (Å²) in [5.41, 5.74) is 7.84. The second-order valence-corrected chi connectivity index (χ2v) is 7.99. The molecule has 0 amide bonds. The summed E-state index contributed by atoms with van der Waals surface area (Å²) in [6.45, 7) is 14.9.